The molecule has 7 nitrogen and oxygen atoms in total. The van der Waals surface area contributed by atoms with E-state index in [1.165, 1.54) is 0 Å². The maximum atomic E-state index is 13.5. The first-order chi connectivity index (χ1) is 12.3. The molecule has 0 spiro atoms. The Morgan fingerprint density at radius 2 is 2.08 bits per heavy atom. The molecule has 0 bridgehead atoms. The third-order valence-electron chi connectivity index (χ3n) is 5.61. The van der Waals surface area contributed by atoms with Gasteiger partial charge in [-0.1, -0.05) is 0 Å². The van der Waals surface area contributed by atoms with Crippen molar-refractivity contribution in [3.63, 3.8) is 0 Å². The molecule has 3 N–H and O–H groups in total. The van der Waals surface area contributed by atoms with Gasteiger partial charge in [-0.3, -0.25) is 0 Å². The lowest BCUT2D eigenvalue weighted by Crippen LogP contribution is -2.46. The molecular formula is C17H24F2N4O3. The highest BCUT2D eigenvalue weighted by molar-refractivity contribution is 5.52. The fourth-order valence-corrected chi connectivity index (χ4v) is 3.81. The van der Waals surface area contributed by atoms with Crippen LogP contribution in [0, 0.1) is 5.41 Å². The van der Waals surface area contributed by atoms with E-state index in [4.69, 9.17) is 4.74 Å². The number of halogens is 2. The zero-order chi connectivity index (χ0) is 18.6. The third-order valence-corrected chi connectivity index (χ3v) is 5.61. The monoisotopic (exact) mass is 370 g/mol. The summed E-state index contributed by atoms with van der Waals surface area (Å²) in [5.41, 5.74) is -0.567. The van der Waals surface area contributed by atoms with E-state index < -0.39 is 23.5 Å². The second kappa shape index (κ2) is 5.97. The van der Waals surface area contributed by atoms with Crippen molar-refractivity contribution in [3.05, 3.63) is 11.3 Å². The maximum Gasteiger partial charge on any atom is 0.318 e. The predicted molar refractivity (Wildman–Crippen MR) is 89.2 cm³/mol. The molecule has 26 heavy (non-hydrogen) atoms. The van der Waals surface area contributed by atoms with Crippen molar-refractivity contribution >= 4 is 5.82 Å². The molecule has 1 saturated heterocycles. The quantitative estimate of drug-likeness (QED) is 0.707. The number of hydrogen-bond acceptors (Lipinski definition) is 7. The van der Waals surface area contributed by atoms with Gasteiger partial charge in [-0.2, -0.15) is 9.97 Å². The Kier molecular flexibility index (Phi) is 4.09. The summed E-state index contributed by atoms with van der Waals surface area (Å²) in [6.45, 7) is 3.26. The zero-order valence-electron chi connectivity index (χ0n) is 14.8. The number of nitrogens with one attached hydrogen (secondary N) is 1. The van der Waals surface area contributed by atoms with E-state index in [2.05, 4.69) is 15.3 Å². The molecule has 3 aliphatic rings. The van der Waals surface area contributed by atoms with Gasteiger partial charge in [0, 0.05) is 38.2 Å². The molecule has 9 heteroatoms. The van der Waals surface area contributed by atoms with Crippen LogP contribution in [0.4, 0.5) is 14.6 Å². The molecule has 1 saturated carbocycles. The van der Waals surface area contributed by atoms with Gasteiger partial charge in [0.25, 0.3) is 5.92 Å². The normalized spacial score (nSPS) is 32.4. The molecule has 3 heterocycles. The van der Waals surface area contributed by atoms with Crippen molar-refractivity contribution in [1.29, 1.82) is 0 Å². The highest BCUT2D eigenvalue weighted by Gasteiger charge is 2.71. The molecule has 1 unspecified atom stereocenters. The fourth-order valence-electron chi connectivity index (χ4n) is 3.81. The maximum absolute atomic E-state index is 13.5. The van der Waals surface area contributed by atoms with Gasteiger partial charge >= 0.3 is 6.01 Å². The largest absolute Gasteiger partial charge is 0.462 e. The molecule has 2 fully saturated rings. The lowest BCUT2D eigenvalue weighted by atomic mass is 9.95. The van der Waals surface area contributed by atoms with Crippen LogP contribution >= 0.6 is 0 Å². The van der Waals surface area contributed by atoms with Crippen molar-refractivity contribution < 1.29 is 23.7 Å². The number of aliphatic hydroxyl groups excluding tert-OH is 1. The number of aliphatic hydroxyl groups is 2. The van der Waals surface area contributed by atoms with Crippen LogP contribution in [0.2, 0.25) is 0 Å². The van der Waals surface area contributed by atoms with E-state index in [9.17, 15) is 19.0 Å². The average Bonchev–Trinajstić information content (AvgIpc) is 2.92. The number of hydrogen-bond donors (Lipinski definition) is 3. The summed E-state index contributed by atoms with van der Waals surface area (Å²) < 4.78 is 32.5. The van der Waals surface area contributed by atoms with Crippen LogP contribution in [-0.4, -0.2) is 58.0 Å². The van der Waals surface area contributed by atoms with Gasteiger partial charge in [0.15, 0.2) is 0 Å². The Hall–Kier alpha value is -1.58. The summed E-state index contributed by atoms with van der Waals surface area (Å²) in [6, 6.07) is 0.0446. The highest BCUT2D eigenvalue weighted by Crippen LogP contribution is 2.60. The number of piperidine rings is 1. The summed E-state index contributed by atoms with van der Waals surface area (Å²) >= 11 is 0. The van der Waals surface area contributed by atoms with E-state index in [1.807, 2.05) is 4.90 Å². The number of nitrogens with zero attached hydrogens (tertiary/aromatic N) is 3. The standard InChI is InChI=1S/C17H24F2N4O3/c1-15(25)3-2-4-23(8-15)13-11-5-20-6-12(11)21-14(22-13)26-10-16(9-24)7-17(16,18)19/h20,24-25H,2-10H2,1H3/t15?,16-/m1/s1. The summed E-state index contributed by atoms with van der Waals surface area (Å²) in [5.74, 6) is -2.22. The minimum Gasteiger partial charge on any atom is -0.462 e. The van der Waals surface area contributed by atoms with Gasteiger partial charge in [0.2, 0.25) is 0 Å². The summed E-state index contributed by atoms with van der Waals surface area (Å²) in [6.07, 6.45) is 1.19. The lowest BCUT2D eigenvalue weighted by Gasteiger charge is -2.38. The van der Waals surface area contributed by atoms with Gasteiger partial charge in [-0.25, -0.2) is 8.78 Å². The minimum absolute atomic E-state index is 0.0446. The van der Waals surface area contributed by atoms with Crippen molar-refractivity contribution in [1.82, 2.24) is 15.3 Å². The Labute approximate surface area is 150 Å². The lowest BCUT2D eigenvalue weighted by molar-refractivity contribution is 0.0124. The van der Waals surface area contributed by atoms with Crippen molar-refractivity contribution in [2.75, 3.05) is 31.2 Å². The number of ether oxygens (including phenoxy) is 1. The Morgan fingerprint density at radius 3 is 2.73 bits per heavy atom. The van der Waals surface area contributed by atoms with E-state index in [1.54, 1.807) is 6.92 Å². The van der Waals surface area contributed by atoms with Crippen LogP contribution in [0.1, 0.15) is 37.4 Å². The van der Waals surface area contributed by atoms with Gasteiger partial charge in [0.05, 0.1) is 23.3 Å². The van der Waals surface area contributed by atoms with Gasteiger partial charge in [0.1, 0.15) is 12.4 Å². The van der Waals surface area contributed by atoms with E-state index >= 15 is 0 Å². The van der Waals surface area contributed by atoms with E-state index in [0.717, 1.165) is 30.6 Å². The molecule has 144 valence electrons. The van der Waals surface area contributed by atoms with Crippen molar-refractivity contribution in [2.24, 2.45) is 5.41 Å². The minimum atomic E-state index is -2.91. The van der Waals surface area contributed by atoms with Crippen LogP contribution in [0.25, 0.3) is 0 Å². The first-order valence-electron chi connectivity index (χ1n) is 8.95. The number of fused-ring (bicyclic) bond motifs is 1. The molecule has 1 aromatic heterocycles. The molecule has 2 aliphatic heterocycles. The van der Waals surface area contributed by atoms with Crippen LogP contribution in [0.3, 0.4) is 0 Å². The molecule has 1 aliphatic carbocycles. The molecule has 4 rings (SSSR count). The Balaban J connectivity index is 1.57. The molecule has 1 aromatic rings. The topological polar surface area (TPSA) is 90.7 Å². The van der Waals surface area contributed by atoms with Crippen molar-refractivity contribution in [2.45, 2.75) is 50.8 Å². The van der Waals surface area contributed by atoms with Crippen LogP contribution in [0.5, 0.6) is 6.01 Å². The third kappa shape index (κ3) is 3.01. The Morgan fingerprint density at radius 1 is 1.31 bits per heavy atom. The second-order valence-electron chi connectivity index (χ2n) is 7.99. The molecule has 0 radical (unpaired) electrons. The number of anilines is 1. The smallest absolute Gasteiger partial charge is 0.318 e. The number of rotatable bonds is 5. The van der Waals surface area contributed by atoms with Gasteiger partial charge in [-0.05, 0) is 19.8 Å². The molecule has 0 amide bonds. The first-order valence-corrected chi connectivity index (χ1v) is 8.95. The van der Waals surface area contributed by atoms with Crippen LogP contribution in [-0.2, 0) is 13.1 Å². The number of β-amino-alcohol motifs (C(OH)–C–C–N with tert-alkyl or cyclic N) is 1. The zero-order valence-corrected chi connectivity index (χ0v) is 14.8. The van der Waals surface area contributed by atoms with Crippen molar-refractivity contribution in [3.8, 4) is 6.01 Å². The average molecular weight is 370 g/mol. The van der Waals surface area contributed by atoms with Gasteiger partial charge in [-0.15, -0.1) is 0 Å². The van der Waals surface area contributed by atoms with Crippen LogP contribution < -0.4 is 15.0 Å². The summed E-state index contributed by atoms with van der Waals surface area (Å²) in [5, 5.41) is 22.9. The molecule has 0 aromatic carbocycles. The summed E-state index contributed by atoms with van der Waals surface area (Å²) in [7, 11) is 0. The SMILES string of the molecule is CC1(O)CCCN(c2nc(OC[C@]3(CO)CC3(F)F)nc3c2CNC3)C1. The van der Waals surface area contributed by atoms with E-state index in [-0.39, 0.29) is 19.0 Å². The second-order valence-corrected chi connectivity index (χ2v) is 7.99. The first kappa shape index (κ1) is 17.8. The molecule has 2 atom stereocenters. The predicted octanol–water partition coefficient (Wildman–Crippen LogP) is 0.828. The highest BCUT2D eigenvalue weighted by atomic mass is 19.3. The summed E-state index contributed by atoms with van der Waals surface area (Å²) in [4.78, 5) is 10.8. The Bertz CT molecular complexity index is 715. The number of aromatic nitrogens is 2. The number of alkyl halides is 2. The van der Waals surface area contributed by atoms with E-state index in [0.29, 0.717) is 25.5 Å². The molecular weight excluding hydrogens is 346 g/mol. The fraction of sp³-hybridized carbons (Fsp3) is 0.765. The van der Waals surface area contributed by atoms with Gasteiger partial charge < -0.3 is 25.2 Å². The van der Waals surface area contributed by atoms with Crippen LogP contribution in [0.15, 0.2) is 0 Å².